The van der Waals surface area contributed by atoms with Gasteiger partial charge in [0.2, 0.25) is 11.8 Å². The Kier molecular flexibility index (Phi) is 6.22. The fourth-order valence-electron chi connectivity index (χ4n) is 2.66. The van der Waals surface area contributed by atoms with E-state index in [0.29, 0.717) is 0 Å². The lowest BCUT2D eigenvalue weighted by molar-refractivity contribution is -0.137. The number of amides is 2. The summed E-state index contributed by atoms with van der Waals surface area (Å²) in [4.78, 5) is 37.9. The van der Waals surface area contributed by atoms with Crippen molar-refractivity contribution in [2.75, 3.05) is 14.1 Å². The van der Waals surface area contributed by atoms with E-state index in [1.807, 2.05) is 0 Å². The van der Waals surface area contributed by atoms with E-state index in [2.05, 4.69) is 16.0 Å². The van der Waals surface area contributed by atoms with Gasteiger partial charge < -0.3 is 10.6 Å². The molecule has 2 amide bonds. The van der Waals surface area contributed by atoms with Crippen molar-refractivity contribution in [3.63, 3.8) is 0 Å². The lowest BCUT2D eigenvalue weighted by Crippen LogP contribution is -2.65. The second-order valence-corrected chi connectivity index (χ2v) is 6.53. The number of nitrogens with zero attached hydrogens (tertiary/aromatic N) is 1. The number of ketones is 1. The molecule has 27 heavy (non-hydrogen) atoms. The summed E-state index contributed by atoms with van der Waals surface area (Å²) < 4.78 is 38.1. The van der Waals surface area contributed by atoms with Crippen LogP contribution in [0.2, 0.25) is 0 Å². The Bertz CT molecular complexity index is 719. The predicted octanol–water partition coefficient (Wildman–Crippen LogP) is 0.775. The number of benzene rings is 1. The summed E-state index contributed by atoms with van der Waals surface area (Å²) in [5.74, 6) is -1.36. The third-order valence-electron chi connectivity index (χ3n) is 4.14. The van der Waals surface area contributed by atoms with Crippen LogP contribution in [-0.2, 0) is 20.6 Å². The maximum absolute atomic E-state index is 12.7. The number of nitrogens with one attached hydrogen (secondary N) is 3. The first-order valence-corrected chi connectivity index (χ1v) is 8.19. The van der Waals surface area contributed by atoms with Crippen molar-refractivity contribution >= 4 is 17.6 Å². The quantitative estimate of drug-likeness (QED) is 0.696. The highest BCUT2D eigenvalue weighted by atomic mass is 19.4. The summed E-state index contributed by atoms with van der Waals surface area (Å²) in [6.45, 7) is 1.23. The van der Waals surface area contributed by atoms with Gasteiger partial charge in [0, 0.05) is 0 Å². The van der Waals surface area contributed by atoms with Crippen LogP contribution >= 0.6 is 0 Å². The van der Waals surface area contributed by atoms with E-state index in [1.165, 1.54) is 6.92 Å². The standard InChI is InChI=1S/C17H21F3N4O3/c1-9(25)14(10-4-6-11(7-5-10)17(18,19)20)23-15(27)12-8-13(26)22-16(21-12)24(2)3/h4-7,12,14,16,21H,8H2,1-3H3,(H,22,26)(H,23,27). The first kappa shape index (κ1) is 20.8. The zero-order chi connectivity index (χ0) is 20.4. The molecule has 0 radical (unpaired) electrons. The molecule has 0 saturated carbocycles. The van der Waals surface area contributed by atoms with Crippen molar-refractivity contribution in [1.82, 2.24) is 20.9 Å². The van der Waals surface area contributed by atoms with Crippen molar-refractivity contribution in [3.05, 3.63) is 35.4 Å². The highest BCUT2D eigenvalue weighted by Crippen LogP contribution is 2.30. The van der Waals surface area contributed by atoms with E-state index in [0.717, 1.165) is 24.3 Å². The Hall–Kier alpha value is -2.46. The Morgan fingerprint density at radius 3 is 2.30 bits per heavy atom. The van der Waals surface area contributed by atoms with Gasteiger partial charge in [0.05, 0.1) is 18.0 Å². The number of Topliss-reactive ketones (excluding diaryl/α,β-unsaturated/α-hetero) is 1. The van der Waals surface area contributed by atoms with E-state index >= 15 is 0 Å². The molecule has 3 unspecified atom stereocenters. The van der Waals surface area contributed by atoms with Gasteiger partial charge >= 0.3 is 6.18 Å². The summed E-state index contributed by atoms with van der Waals surface area (Å²) in [6, 6.07) is 2.03. The summed E-state index contributed by atoms with van der Waals surface area (Å²) in [5.41, 5.74) is -0.618. The lowest BCUT2D eigenvalue weighted by atomic mass is 10.0. The summed E-state index contributed by atoms with van der Waals surface area (Å²) in [5, 5.41) is 8.09. The molecule has 10 heteroatoms. The number of carbonyl (C=O) groups is 3. The molecule has 148 valence electrons. The highest BCUT2D eigenvalue weighted by molar-refractivity contribution is 5.93. The molecule has 1 saturated heterocycles. The monoisotopic (exact) mass is 386 g/mol. The Balaban J connectivity index is 2.15. The number of rotatable bonds is 5. The number of halogens is 3. The molecule has 1 aliphatic rings. The zero-order valence-corrected chi connectivity index (χ0v) is 15.1. The minimum Gasteiger partial charge on any atom is -0.341 e. The van der Waals surface area contributed by atoms with Gasteiger partial charge in [-0.25, -0.2) is 0 Å². The number of alkyl halides is 3. The molecule has 3 N–H and O–H groups in total. The smallest absolute Gasteiger partial charge is 0.341 e. The summed E-state index contributed by atoms with van der Waals surface area (Å²) >= 11 is 0. The van der Waals surface area contributed by atoms with E-state index in [4.69, 9.17) is 0 Å². The highest BCUT2D eigenvalue weighted by Gasteiger charge is 2.34. The van der Waals surface area contributed by atoms with Gasteiger partial charge in [0.15, 0.2) is 5.78 Å². The fraction of sp³-hybridized carbons (Fsp3) is 0.471. The van der Waals surface area contributed by atoms with Crippen LogP contribution < -0.4 is 16.0 Å². The molecule has 0 aliphatic carbocycles. The predicted molar refractivity (Wildman–Crippen MR) is 90.2 cm³/mol. The summed E-state index contributed by atoms with van der Waals surface area (Å²) in [7, 11) is 3.41. The average molecular weight is 386 g/mol. The van der Waals surface area contributed by atoms with Crippen molar-refractivity contribution in [2.24, 2.45) is 0 Å². The normalized spacial score (nSPS) is 21.5. The molecule has 2 rings (SSSR count). The molecule has 1 fully saturated rings. The van der Waals surface area contributed by atoms with Crippen molar-refractivity contribution in [1.29, 1.82) is 0 Å². The summed E-state index contributed by atoms with van der Waals surface area (Å²) in [6.07, 6.45) is -5.16. The van der Waals surface area contributed by atoms with Crippen molar-refractivity contribution in [2.45, 2.75) is 37.9 Å². The number of hydrogen-bond donors (Lipinski definition) is 3. The fourth-order valence-corrected chi connectivity index (χ4v) is 2.66. The molecule has 1 aromatic rings. The molecule has 1 aliphatic heterocycles. The first-order chi connectivity index (χ1) is 12.5. The van der Waals surface area contributed by atoms with Crippen LogP contribution in [0.5, 0.6) is 0 Å². The maximum atomic E-state index is 12.7. The van der Waals surface area contributed by atoms with Gasteiger partial charge in [-0.15, -0.1) is 0 Å². The van der Waals surface area contributed by atoms with Crippen molar-refractivity contribution < 1.29 is 27.6 Å². The van der Waals surface area contributed by atoms with Crippen LogP contribution in [0.4, 0.5) is 13.2 Å². The van der Waals surface area contributed by atoms with Crippen LogP contribution in [0.25, 0.3) is 0 Å². The second kappa shape index (κ2) is 8.05. The molecule has 7 nitrogen and oxygen atoms in total. The molecule has 0 bridgehead atoms. The van der Waals surface area contributed by atoms with Gasteiger partial charge in [0.25, 0.3) is 0 Å². The van der Waals surface area contributed by atoms with Gasteiger partial charge in [-0.3, -0.25) is 24.6 Å². The van der Waals surface area contributed by atoms with Crippen LogP contribution in [-0.4, -0.2) is 48.9 Å². The van der Waals surface area contributed by atoms with Crippen LogP contribution in [0.15, 0.2) is 24.3 Å². The van der Waals surface area contributed by atoms with Crippen LogP contribution in [0, 0.1) is 0 Å². The zero-order valence-electron chi connectivity index (χ0n) is 15.1. The van der Waals surface area contributed by atoms with E-state index in [1.54, 1.807) is 19.0 Å². The minimum atomic E-state index is -4.49. The Morgan fingerprint density at radius 2 is 1.81 bits per heavy atom. The molecule has 1 aromatic carbocycles. The molecular formula is C17H21F3N4O3. The molecule has 1 heterocycles. The van der Waals surface area contributed by atoms with E-state index in [-0.39, 0.29) is 17.9 Å². The van der Waals surface area contributed by atoms with Crippen LogP contribution in [0.3, 0.4) is 0 Å². The third-order valence-corrected chi connectivity index (χ3v) is 4.14. The lowest BCUT2D eigenvalue weighted by Gasteiger charge is -2.35. The largest absolute Gasteiger partial charge is 0.416 e. The first-order valence-electron chi connectivity index (χ1n) is 8.19. The molecule has 0 spiro atoms. The third kappa shape index (κ3) is 5.27. The Morgan fingerprint density at radius 1 is 1.22 bits per heavy atom. The van der Waals surface area contributed by atoms with Gasteiger partial charge in [-0.05, 0) is 38.7 Å². The number of hydrogen-bond acceptors (Lipinski definition) is 5. The van der Waals surface area contributed by atoms with Gasteiger partial charge in [0.1, 0.15) is 12.3 Å². The minimum absolute atomic E-state index is 0.117. The molecule has 0 aromatic heterocycles. The van der Waals surface area contributed by atoms with E-state index < -0.39 is 41.8 Å². The van der Waals surface area contributed by atoms with Crippen LogP contribution in [0.1, 0.15) is 30.5 Å². The van der Waals surface area contributed by atoms with E-state index in [9.17, 15) is 27.6 Å². The van der Waals surface area contributed by atoms with Gasteiger partial charge in [-0.2, -0.15) is 13.2 Å². The molecular weight excluding hydrogens is 365 g/mol. The molecule has 3 atom stereocenters. The average Bonchev–Trinajstić information content (AvgIpc) is 2.58. The second-order valence-electron chi connectivity index (χ2n) is 6.53. The Labute approximate surface area is 154 Å². The van der Waals surface area contributed by atoms with Gasteiger partial charge in [-0.1, -0.05) is 12.1 Å². The number of carbonyl (C=O) groups excluding carboxylic acids is 3. The maximum Gasteiger partial charge on any atom is 0.416 e. The topological polar surface area (TPSA) is 90.5 Å². The SMILES string of the molecule is CC(=O)C(NC(=O)C1CC(=O)NC(N(C)C)N1)c1ccc(C(F)(F)F)cc1. The van der Waals surface area contributed by atoms with Crippen molar-refractivity contribution in [3.8, 4) is 0 Å².